The third-order valence-corrected chi connectivity index (χ3v) is 2.51. The lowest BCUT2D eigenvalue weighted by atomic mass is 10.1. The number of hydrogen-bond donors (Lipinski definition) is 2. The van der Waals surface area contributed by atoms with Gasteiger partial charge in [-0.05, 0) is 24.1 Å². The summed E-state index contributed by atoms with van der Waals surface area (Å²) in [6.45, 7) is 1.97. The molecule has 4 heteroatoms. The van der Waals surface area contributed by atoms with Gasteiger partial charge in [0.05, 0.1) is 0 Å². The van der Waals surface area contributed by atoms with Gasteiger partial charge < -0.3 is 10.1 Å². The molecule has 0 radical (unpaired) electrons. The molecule has 0 unspecified atom stereocenters. The Bertz CT molecular complexity index is 569. The van der Waals surface area contributed by atoms with E-state index in [1.807, 2.05) is 25.1 Å². The van der Waals surface area contributed by atoms with Crippen LogP contribution in [-0.2, 0) is 16.0 Å². The molecule has 0 bridgehead atoms. The molecule has 0 amide bonds. The summed E-state index contributed by atoms with van der Waals surface area (Å²) in [6.07, 6.45) is 1.61. The minimum absolute atomic E-state index is 0.0710. The first-order chi connectivity index (χ1) is 7.58. The highest BCUT2D eigenvalue weighted by molar-refractivity contribution is 6.33. The quantitative estimate of drug-likeness (QED) is 0.768. The van der Waals surface area contributed by atoms with Gasteiger partial charge in [0.15, 0.2) is 0 Å². The van der Waals surface area contributed by atoms with Gasteiger partial charge in [-0.1, -0.05) is 12.1 Å². The molecular weight excluding hydrogens is 206 g/mol. The maximum absolute atomic E-state index is 11.1. The predicted molar refractivity (Wildman–Crippen MR) is 59.4 cm³/mol. The van der Waals surface area contributed by atoms with E-state index in [2.05, 4.69) is 4.98 Å². The number of Topliss-reactive ketones (excluding diaryl/α,β-unsaturated/α-hetero) is 1. The Morgan fingerprint density at radius 3 is 2.81 bits per heavy atom. The fraction of sp³-hybridized carbons (Fsp3) is 0.167. The number of H-pyrrole nitrogens is 1. The number of aromatic amines is 1. The number of rotatable bonds is 3. The number of aliphatic carboxylic acids is 1. The molecule has 0 aliphatic rings. The van der Waals surface area contributed by atoms with Crippen molar-refractivity contribution in [3.05, 3.63) is 35.5 Å². The Morgan fingerprint density at radius 2 is 2.12 bits per heavy atom. The van der Waals surface area contributed by atoms with Crippen LogP contribution >= 0.6 is 0 Å². The summed E-state index contributed by atoms with van der Waals surface area (Å²) in [6, 6.07) is 5.79. The number of nitrogens with one attached hydrogen (secondary N) is 1. The number of carbonyl (C=O) groups excluding carboxylic acids is 1. The average Bonchev–Trinajstić information content (AvgIpc) is 2.60. The van der Waals surface area contributed by atoms with Gasteiger partial charge in [-0.2, -0.15) is 0 Å². The molecule has 0 fully saturated rings. The number of aryl methyl sites for hydroxylation is 1. The van der Waals surface area contributed by atoms with Crippen molar-refractivity contribution >= 4 is 22.7 Å². The number of carbonyl (C=O) groups is 2. The summed E-state index contributed by atoms with van der Waals surface area (Å²) in [4.78, 5) is 24.6. The molecule has 4 nitrogen and oxygen atoms in total. The molecule has 0 aliphatic heterocycles. The zero-order chi connectivity index (χ0) is 11.7. The van der Waals surface area contributed by atoms with E-state index in [0.29, 0.717) is 0 Å². The Hall–Kier alpha value is -2.10. The number of aromatic nitrogens is 1. The standard InChI is InChI=1S/C12H11NO3/c1-7-2-3-9-8(5-11(14)12(15)16)6-13-10(9)4-7/h2-4,6,13H,5H2,1H3,(H,15,16). The van der Waals surface area contributed by atoms with E-state index in [4.69, 9.17) is 5.11 Å². The number of carboxylic acids is 1. The van der Waals surface area contributed by atoms with E-state index in [1.54, 1.807) is 6.20 Å². The van der Waals surface area contributed by atoms with Crippen molar-refractivity contribution < 1.29 is 14.7 Å². The van der Waals surface area contributed by atoms with E-state index in [1.165, 1.54) is 0 Å². The van der Waals surface area contributed by atoms with Gasteiger partial charge in [0.2, 0.25) is 5.78 Å². The van der Waals surface area contributed by atoms with Crippen LogP contribution in [0.1, 0.15) is 11.1 Å². The van der Waals surface area contributed by atoms with Crippen molar-refractivity contribution in [3.8, 4) is 0 Å². The van der Waals surface area contributed by atoms with Crippen LogP contribution < -0.4 is 0 Å². The third kappa shape index (κ3) is 1.82. The summed E-state index contributed by atoms with van der Waals surface area (Å²) in [5, 5.41) is 9.44. The molecular formula is C12H11NO3. The molecule has 0 aliphatic carbocycles. The van der Waals surface area contributed by atoms with Crippen molar-refractivity contribution in [1.29, 1.82) is 0 Å². The second kappa shape index (κ2) is 3.81. The first kappa shape index (κ1) is 10.4. The van der Waals surface area contributed by atoms with Gasteiger partial charge in [0.25, 0.3) is 0 Å². The average molecular weight is 217 g/mol. The summed E-state index contributed by atoms with van der Waals surface area (Å²) >= 11 is 0. The van der Waals surface area contributed by atoms with E-state index < -0.39 is 11.8 Å². The van der Waals surface area contributed by atoms with Crippen molar-refractivity contribution in [3.63, 3.8) is 0 Å². The van der Waals surface area contributed by atoms with Crippen LogP contribution in [0.15, 0.2) is 24.4 Å². The monoisotopic (exact) mass is 217 g/mol. The van der Waals surface area contributed by atoms with Crippen LogP contribution in [0.2, 0.25) is 0 Å². The molecule has 2 aromatic rings. The molecule has 82 valence electrons. The van der Waals surface area contributed by atoms with Gasteiger partial charge >= 0.3 is 5.97 Å². The second-order valence-corrected chi connectivity index (χ2v) is 3.77. The lowest BCUT2D eigenvalue weighted by Gasteiger charge is -1.96. The molecule has 2 rings (SSSR count). The van der Waals surface area contributed by atoms with Gasteiger partial charge in [-0.25, -0.2) is 4.79 Å². The molecule has 1 aromatic carbocycles. The fourth-order valence-corrected chi connectivity index (χ4v) is 1.69. The molecule has 0 saturated heterocycles. The van der Waals surface area contributed by atoms with Crippen LogP contribution in [0.3, 0.4) is 0 Å². The van der Waals surface area contributed by atoms with Gasteiger partial charge in [0, 0.05) is 23.5 Å². The maximum Gasteiger partial charge on any atom is 0.372 e. The molecule has 0 spiro atoms. The first-order valence-corrected chi connectivity index (χ1v) is 4.90. The second-order valence-electron chi connectivity index (χ2n) is 3.77. The summed E-state index contributed by atoms with van der Waals surface area (Å²) in [5.74, 6) is -2.18. The summed E-state index contributed by atoms with van der Waals surface area (Å²) in [5.41, 5.74) is 2.76. The molecule has 1 heterocycles. The third-order valence-electron chi connectivity index (χ3n) is 2.51. The summed E-state index contributed by atoms with van der Waals surface area (Å²) < 4.78 is 0. The van der Waals surface area contributed by atoms with Crippen molar-refractivity contribution in [2.75, 3.05) is 0 Å². The lowest BCUT2D eigenvalue weighted by molar-refractivity contribution is -0.148. The number of benzene rings is 1. The SMILES string of the molecule is Cc1ccc2c(CC(=O)C(=O)O)c[nH]c2c1. The highest BCUT2D eigenvalue weighted by Gasteiger charge is 2.14. The number of fused-ring (bicyclic) bond motifs is 1. The summed E-state index contributed by atoms with van der Waals surface area (Å²) in [7, 11) is 0. The smallest absolute Gasteiger partial charge is 0.372 e. The lowest BCUT2D eigenvalue weighted by Crippen LogP contribution is -2.14. The number of ketones is 1. The van der Waals surface area contributed by atoms with E-state index >= 15 is 0 Å². The largest absolute Gasteiger partial charge is 0.475 e. The molecule has 16 heavy (non-hydrogen) atoms. The van der Waals surface area contributed by atoms with E-state index in [-0.39, 0.29) is 6.42 Å². The van der Waals surface area contributed by atoms with Crippen molar-refractivity contribution in [2.45, 2.75) is 13.3 Å². The Balaban J connectivity index is 2.39. The molecule has 2 N–H and O–H groups in total. The molecule has 1 aromatic heterocycles. The topological polar surface area (TPSA) is 70.2 Å². The van der Waals surface area contributed by atoms with Crippen LogP contribution in [0.5, 0.6) is 0 Å². The first-order valence-electron chi connectivity index (χ1n) is 4.90. The minimum Gasteiger partial charge on any atom is -0.475 e. The van der Waals surface area contributed by atoms with Crippen LogP contribution in [0.25, 0.3) is 10.9 Å². The number of carboxylic acid groups (broad SMARTS) is 1. The maximum atomic E-state index is 11.1. The van der Waals surface area contributed by atoms with Crippen LogP contribution in [-0.4, -0.2) is 21.8 Å². The zero-order valence-electron chi connectivity index (χ0n) is 8.78. The highest BCUT2D eigenvalue weighted by Crippen LogP contribution is 2.19. The highest BCUT2D eigenvalue weighted by atomic mass is 16.4. The Morgan fingerprint density at radius 1 is 1.38 bits per heavy atom. The van der Waals surface area contributed by atoms with E-state index in [0.717, 1.165) is 22.0 Å². The van der Waals surface area contributed by atoms with Gasteiger partial charge in [-0.3, -0.25) is 4.79 Å². The van der Waals surface area contributed by atoms with Crippen LogP contribution in [0, 0.1) is 6.92 Å². The predicted octanol–water partition coefficient (Wildman–Crippen LogP) is 1.67. The van der Waals surface area contributed by atoms with Crippen molar-refractivity contribution in [2.24, 2.45) is 0 Å². The van der Waals surface area contributed by atoms with Crippen LogP contribution in [0.4, 0.5) is 0 Å². The normalized spacial score (nSPS) is 10.6. The fourth-order valence-electron chi connectivity index (χ4n) is 1.69. The van der Waals surface area contributed by atoms with Gasteiger partial charge in [0.1, 0.15) is 0 Å². The minimum atomic E-state index is -1.39. The van der Waals surface area contributed by atoms with E-state index in [9.17, 15) is 9.59 Å². The zero-order valence-corrected chi connectivity index (χ0v) is 8.78. The molecule has 0 atom stereocenters. The van der Waals surface area contributed by atoms with Crippen molar-refractivity contribution in [1.82, 2.24) is 4.98 Å². The molecule has 0 saturated carbocycles. The Labute approximate surface area is 91.9 Å². The Kier molecular flexibility index (Phi) is 2.48. The number of hydrogen-bond acceptors (Lipinski definition) is 2. The van der Waals surface area contributed by atoms with Gasteiger partial charge in [-0.15, -0.1) is 0 Å².